The predicted molar refractivity (Wildman–Crippen MR) is 53.0 cm³/mol. The highest BCUT2D eigenvalue weighted by Gasteiger charge is 2.32. The van der Waals surface area contributed by atoms with Crippen molar-refractivity contribution in [2.24, 2.45) is 0 Å². The van der Waals surface area contributed by atoms with Crippen molar-refractivity contribution in [1.29, 1.82) is 0 Å². The van der Waals surface area contributed by atoms with E-state index in [0.717, 1.165) is 0 Å². The first kappa shape index (κ1) is 12.6. The molecule has 2 heterocycles. The summed E-state index contributed by atoms with van der Waals surface area (Å²) in [4.78, 5) is 20.4. The third kappa shape index (κ3) is 3.60. The molecule has 92 valence electrons. The molecule has 2 unspecified atom stereocenters. The molecule has 0 spiro atoms. The van der Waals surface area contributed by atoms with Crippen molar-refractivity contribution in [2.75, 3.05) is 6.61 Å². The molecule has 0 aromatic carbocycles. The summed E-state index contributed by atoms with van der Waals surface area (Å²) in [7, 11) is 0. The van der Waals surface area contributed by atoms with Gasteiger partial charge in [0, 0.05) is 0 Å². The summed E-state index contributed by atoms with van der Waals surface area (Å²) in [6.45, 7) is 7.58. The van der Waals surface area contributed by atoms with E-state index in [2.05, 4.69) is 18.9 Å². The van der Waals surface area contributed by atoms with E-state index in [-0.39, 0.29) is 12.2 Å². The van der Waals surface area contributed by atoms with Gasteiger partial charge in [0.05, 0.1) is 0 Å². The molecule has 2 atom stereocenters. The minimum atomic E-state index is -0.560. The standard InChI is InChI=1S/2C5H8O3/c1-5(2)3-7-4(6)8-5;1-3-4(2)8-5(6)7-3/h3H2,1-2H3;3-4H,1-2H3. The summed E-state index contributed by atoms with van der Waals surface area (Å²) in [6, 6.07) is 0. The Balaban J connectivity index is 0.000000160. The molecule has 0 saturated carbocycles. The van der Waals surface area contributed by atoms with Crippen molar-refractivity contribution in [3.8, 4) is 0 Å². The molecule has 0 aromatic heterocycles. The lowest BCUT2D eigenvalue weighted by atomic mass is 10.2. The van der Waals surface area contributed by atoms with Crippen molar-refractivity contribution in [3.63, 3.8) is 0 Å². The van der Waals surface area contributed by atoms with Gasteiger partial charge in [0.2, 0.25) is 0 Å². The maximum atomic E-state index is 10.2. The lowest BCUT2D eigenvalue weighted by Gasteiger charge is -2.09. The Labute approximate surface area is 93.8 Å². The Morgan fingerprint density at radius 2 is 1.56 bits per heavy atom. The topological polar surface area (TPSA) is 71.1 Å². The van der Waals surface area contributed by atoms with Gasteiger partial charge in [-0.1, -0.05) is 0 Å². The van der Waals surface area contributed by atoms with Crippen LogP contribution in [0.2, 0.25) is 0 Å². The molecule has 0 N–H and O–H groups in total. The Hall–Kier alpha value is -1.46. The van der Waals surface area contributed by atoms with Crippen LogP contribution in [0.3, 0.4) is 0 Å². The first-order chi connectivity index (χ1) is 7.30. The van der Waals surface area contributed by atoms with Crippen molar-refractivity contribution < 1.29 is 28.5 Å². The van der Waals surface area contributed by atoms with Crippen LogP contribution in [0.15, 0.2) is 0 Å². The van der Waals surface area contributed by atoms with Gasteiger partial charge in [-0.15, -0.1) is 0 Å². The van der Waals surface area contributed by atoms with E-state index in [4.69, 9.17) is 0 Å². The Morgan fingerprint density at radius 1 is 1.06 bits per heavy atom. The molecule has 2 aliphatic rings. The van der Waals surface area contributed by atoms with Crippen LogP contribution >= 0.6 is 0 Å². The molecule has 6 nitrogen and oxygen atoms in total. The van der Waals surface area contributed by atoms with Gasteiger partial charge in [-0.25, -0.2) is 9.59 Å². The summed E-state index contributed by atoms with van der Waals surface area (Å²) in [5.41, 5.74) is -0.406. The van der Waals surface area contributed by atoms with Crippen molar-refractivity contribution in [2.45, 2.75) is 45.5 Å². The summed E-state index contributed by atoms with van der Waals surface area (Å²) in [5, 5.41) is 0. The van der Waals surface area contributed by atoms with Gasteiger partial charge in [-0.2, -0.15) is 0 Å². The highest BCUT2D eigenvalue weighted by Crippen LogP contribution is 2.17. The maximum Gasteiger partial charge on any atom is 0.509 e. The average Bonchev–Trinajstić information content (AvgIpc) is 2.57. The van der Waals surface area contributed by atoms with Crippen molar-refractivity contribution in [3.05, 3.63) is 0 Å². The van der Waals surface area contributed by atoms with E-state index in [1.807, 2.05) is 0 Å². The lowest BCUT2D eigenvalue weighted by Crippen LogP contribution is -2.21. The highest BCUT2D eigenvalue weighted by molar-refractivity contribution is 5.62. The number of carbonyl (C=O) groups is 2. The van der Waals surface area contributed by atoms with Crippen LogP contribution in [0.25, 0.3) is 0 Å². The van der Waals surface area contributed by atoms with E-state index in [9.17, 15) is 9.59 Å². The van der Waals surface area contributed by atoms with Crippen LogP contribution in [0.5, 0.6) is 0 Å². The molecule has 0 bridgehead atoms. The third-order valence-corrected chi connectivity index (χ3v) is 2.12. The number of hydrogen-bond donors (Lipinski definition) is 0. The zero-order valence-corrected chi connectivity index (χ0v) is 9.81. The van der Waals surface area contributed by atoms with Crippen LogP contribution in [0, 0.1) is 0 Å². The molecule has 2 fully saturated rings. The van der Waals surface area contributed by atoms with Crippen LogP contribution < -0.4 is 0 Å². The molecule has 0 aromatic rings. The summed E-state index contributed by atoms with van der Waals surface area (Å²) in [6.07, 6.45) is -1.27. The van der Waals surface area contributed by atoms with Crippen LogP contribution in [0.1, 0.15) is 27.7 Å². The molecule has 2 rings (SSSR count). The van der Waals surface area contributed by atoms with E-state index in [0.29, 0.717) is 6.61 Å². The Kier molecular flexibility index (Phi) is 3.62. The Bertz CT molecular complexity index is 271. The minimum Gasteiger partial charge on any atom is -0.430 e. The second kappa shape index (κ2) is 4.59. The van der Waals surface area contributed by atoms with Gasteiger partial charge in [0.1, 0.15) is 24.4 Å². The fraction of sp³-hybridized carbons (Fsp3) is 0.800. The maximum absolute atomic E-state index is 10.2. The molecule has 6 heteroatoms. The van der Waals surface area contributed by atoms with E-state index in [1.165, 1.54) is 0 Å². The molecule has 0 aliphatic carbocycles. The highest BCUT2D eigenvalue weighted by atomic mass is 16.8. The zero-order valence-electron chi connectivity index (χ0n) is 9.81. The molecule has 2 aliphatic heterocycles. The van der Waals surface area contributed by atoms with Gasteiger partial charge in [0.15, 0.2) is 0 Å². The number of carbonyl (C=O) groups excluding carboxylic acids is 2. The molecule has 0 radical (unpaired) electrons. The quantitative estimate of drug-likeness (QED) is 0.593. The predicted octanol–water partition coefficient (Wildman–Crippen LogP) is 1.86. The third-order valence-electron chi connectivity index (χ3n) is 2.12. The largest absolute Gasteiger partial charge is 0.509 e. The average molecular weight is 232 g/mol. The second-order valence-corrected chi connectivity index (χ2v) is 4.30. The van der Waals surface area contributed by atoms with Gasteiger partial charge in [-0.05, 0) is 27.7 Å². The molecule has 0 amide bonds. The number of ether oxygens (including phenoxy) is 4. The zero-order chi connectivity index (χ0) is 12.3. The van der Waals surface area contributed by atoms with Crippen molar-refractivity contribution in [1.82, 2.24) is 0 Å². The van der Waals surface area contributed by atoms with Crippen LogP contribution in [-0.2, 0) is 18.9 Å². The summed E-state index contributed by atoms with van der Waals surface area (Å²) < 4.78 is 18.4. The fourth-order valence-electron chi connectivity index (χ4n) is 1.04. The SMILES string of the molecule is CC1(C)COC(=O)O1.CC1OC(=O)OC1C. The Morgan fingerprint density at radius 3 is 1.69 bits per heavy atom. The molecular weight excluding hydrogens is 216 g/mol. The van der Waals surface area contributed by atoms with Gasteiger partial charge >= 0.3 is 12.3 Å². The molecular formula is C10H16O6. The smallest absolute Gasteiger partial charge is 0.430 e. The van der Waals surface area contributed by atoms with Crippen LogP contribution in [0.4, 0.5) is 9.59 Å². The first-order valence-corrected chi connectivity index (χ1v) is 5.03. The van der Waals surface area contributed by atoms with Gasteiger partial charge < -0.3 is 18.9 Å². The fourth-order valence-corrected chi connectivity index (χ4v) is 1.04. The summed E-state index contributed by atoms with van der Waals surface area (Å²) in [5.74, 6) is 0. The lowest BCUT2D eigenvalue weighted by molar-refractivity contribution is 0.0838. The van der Waals surface area contributed by atoms with E-state index >= 15 is 0 Å². The number of rotatable bonds is 0. The minimum absolute atomic E-state index is 0.0810. The monoisotopic (exact) mass is 232 g/mol. The van der Waals surface area contributed by atoms with Crippen molar-refractivity contribution >= 4 is 12.3 Å². The normalized spacial score (nSPS) is 30.5. The number of hydrogen-bond acceptors (Lipinski definition) is 6. The van der Waals surface area contributed by atoms with E-state index in [1.54, 1.807) is 27.7 Å². The second-order valence-electron chi connectivity index (χ2n) is 4.30. The first-order valence-electron chi connectivity index (χ1n) is 5.03. The molecule has 2 saturated heterocycles. The van der Waals surface area contributed by atoms with Gasteiger partial charge in [-0.3, -0.25) is 0 Å². The van der Waals surface area contributed by atoms with E-state index < -0.39 is 17.9 Å². The summed E-state index contributed by atoms with van der Waals surface area (Å²) >= 11 is 0. The van der Waals surface area contributed by atoms with Crippen LogP contribution in [-0.4, -0.2) is 36.7 Å². The number of cyclic esters (lactones) is 4. The molecule has 16 heavy (non-hydrogen) atoms. The van der Waals surface area contributed by atoms with Gasteiger partial charge in [0.25, 0.3) is 0 Å².